The maximum Gasteiger partial charge on any atom is 0.253 e. The highest BCUT2D eigenvalue weighted by Crippen LogP contribution is 2.29. The number of rotatable bonds is 4. The fourth-order valence-electron chi connectivity index (χ4n) is 3.28. The SMILES string of the molecule is Cc1nc([C@@H]2CCO[C@@H]2CN(C)C(=O)c2ccn3cncc3c2)n[nH]1. The fraction of sp³-hybridized carbons (Fsp3) is 0.412. The molecule has 0 bridgehead atoms. The lowest BCUT2D eigenvalue weighted by Crippen LogP contribution is -2.36. The van der Waals surface area contributed by atoms with Crippen molar-refractivity contribution in [3.05, 3.63) is 48.1 Å². The van der Waals surface area contributed by atoms with Crippen molar-refractivity contribution in [1.29, 1.82) is 0 Å². The Balaban J connectivity index is 1.48. The molecule has 1 fully saturated rings. The van der Waals surface area contributed by atoms with Crippen LogP contribution in [0.4, 0.5) is 0 Å². The van der Waals surface area contributed by atoms with Crippen molar-refractivity contribution in [3.8, 4) is 0 Å². The molecule has 1 amide bonds. The summed E-state index contributed by atoms with van der Waals surface area (Å²) >= 11 is 0. The molecule has 8 nitrogen and oxygen atoms in total. The number of hydrogen-bond donors (Lipinski definition) is 1. The largest absolute Gasteiger partial charge is 0.376 e. The van der Waals surface area contributed by atoms with E-state index in [4.69, 9.17) is 4.74 Å². The predicted octanol–water partition coefficient (Wildman–Crippen LogP) is 1.41. The van der Waals surface area contributed by atoms with Crippen molar-refractivity contribution >= 4 is 11.4 Å². The Labute approximate surface area is 144 Å². The number of nitrogens with zero attached hydrogens (tertiary/aromatic N) is 5. The molecule has 3 aromatic rings. The van der Waals surface area contributed by atoms with Crippen molar-refractivity contribution in [2.75, 3.05) is 20.2 Å². The molecule has 1 N–H and O–H groups in total. The summed E-state index contributed by atoms with van der Waals surface area (Å²) in [5.41, 5.74) is 1.53. The molecule has 0 aliphatic carbocycles. The molecule has 25 heavy (non-hydrogen) atoms. The molecule has 0 radical (unpaired) electrons. The minimum absolute atomic E-state index is 0.0379. The summed E-state index contributed by atoms with van der Waals surface area (Å²) in [6.45, 7) is 3.04. The van der Waals surface area contributed by atoms with E-state index in [1.165, 1.54) is 0 Å². The van der Waals surface area contributed by atoms with Crippen molar-refractivity contribution in [1.82, 2.24) is 29.5 Å². The number of pyridine rings is 1. The van der Waals surface area contributed by atoms with E-state index in [-0.39, 0.29) is 17.9 Å². The molecular weight excluding hydrogens is 320 g/mol. The number of nitrogens with one attached hydrogen (secondary N) is 1. The Bertz CT molecular complexity index is 901. The van der Waals surface area contributed by atoms with Crippen LogP contribution in [0.5, 0.6) is 0 Å². The monoisotopic (exact) mass is 340 g/mol. The molecule has 4 rings (SSSR count). The second-order valence-corrected chi connectivity index (χ2v) is 6.41. The van der Waals surface area contributed by atoms with Gasteiger partial charge < -0.3 is 14.0 Å². The Morgan fingerprint density at radius 2 is 2.40 bits per heavy atom. The standard InChI is InChI=1S/C17H20N6O2/c1-11-19-16(21-20-11)14-4-6-25-15(14)9-22(2)17(24)12-3-5-23-10-18-8-13(23)7-12/h3,5,7-8,10,14-15H,4,6,9H2,1-2H3,(H,19,20,21)/t14-,15-/m1/s1. The van der Waals surface area contributed by atoms with Crippen LogP contribution in [-0.4, -0.2) is 61.7 Å². The summed E-state index contributed by atoms with van der Waals surface area (Å²) in [6, 6.07) is 3.65. The number of aromatic amines is 1. The van der Waals surface area contributed by atoms with Crippen molar-refractivity contribution in [2.24, 2.45) is 0 Å². The van der Waals surface area contributed by atoms with E-state index in [0.717, 1.165) is 23.6 Å². The van der Waals surface area contributed by atoms with E-state index < -0.39 is 0 Å². The zero-order valence-corrected chi connectivity index (χ0v) is 14.2. The first-order valence-electron chi connectivity index (χ1n) is 8.29. The van der Waals surface area contributed by atoms with Gasteiger partial charge in [-0.1, -0.05) is 0 Å². The number of H-pyrrole nitrogens is 1. The van der Waals surface area contributed by atoms with Crippen LogP contribution < -0.4 is 0 Å². The van der Waals surface area contributed by atoms with Gasteiger partial charge in [-0.3, -0.25) is 9.89 Å². The Kier molecular flexibility index (Phi) is 3.96. The molecule has 0 saturated carbocycles. The number of likely N-dealkylation sites (N-methyl/N-ethyl adjacent to an activating group) is 1. The first kappa shape index (κ1) is 15.8. The van der Waals surface area contributed by atoms with Gasteiger partial charge in [0.15, 0.2) is 5.82 Å². The Morgan fingerprint density at radius 3 is 3.20 bits per heavy atom. The van der Waals surface area contributed by atoms with E-state index in [9.17, 15) is 4.79 Å². The molecule has 0 spiro atoms. The van der Waals surface area contributed by atoms with Gasteiger partial charge in [0.2, 0.25) is 0 Å². The highest BCUT2D eigenvalue weighted by atomic mass is 16.5. The maximum atomic E-state index is 12.7. The molecule has 4 heterocycles. The summed E-state index contributed by atoms with van der Waals surface area (Å²) in [4.78, 5) is 22.9. The highest BCUT2D eigenvalue weighted by molar-refractivity contribution is 5.95. The van der Waals surface area contributed by atoms with Crippen LogP contribution in [0.2, 0.25) is 0 Å². The molecule has 3 aromatic heterocycles. The van der Waals surface area contributed by atoms with E-state index >= 15 is 0 Å². The molecule has 1 aliphatic rings. The molecule has 2 atom stereocenters. The third-order valence-corrected chi connectivity index (χ3v) is 4.62. The molecular formula is C17H20N6O2. The quantitative estimate of drug-likeness (QED) is 0.776. The van der Waals surface area contributed by atoms with Crippen LogP contribution in [0.1, 0.15) is 34.3 Å². The lowest BCUT2D eigenvalue weighted by molar-refractivity contribution is 0.0550. The van der Waals surface area contributed by atoms with E-state index in [0.29, 0.717) is 18.7 Å². The van der Waals surface area contributed by atoms with Crippen LogP contribution in [0, 0.1) is 6.92 Å². The molecule has 1 aliphatic heterocycles. The topological polar surface area (TPSA) is 88.4 Å². The third-order valence-electron chi connectivity index (χ3n) is 4.62. The van der Waals surface area contributed by atoms with Gasteiger partial charge in [0.05, 0.1) is 30.1 Å². The van der Waals surface area contributed by atoms with Gasteiger partial charge in [0, 0.05) is 32.0 Å². The molecule has 130 valence electrons. The van der Waals surface area contributed by atoms with Gasteiger partial charge in [0.1, 0.15) is 5.82 Å². The Morgan fingerprint density at radius 1 is 1.52 bits per heavy atom. The summed E-state index contributed by atoms with van der Waals surface area (Å²) in [6.07, 6.45) is 6.06. The number of ether oxygens (including phenoxy) is 1. The van der Waals surface area contributed by atoms with Crippen LogP contribution in [0.3, 0.4) is 0 Å². The van der Waals surface area contributed by atoms with Crippen LogP contribution >= 0.6 is 0 Å². The summed E-state index contributed by atoms with van der Waals surface area (Å²) in [7, 11) is 1.80. The second-order valence-electron chi connectivity index (χ2n) is 6.41. The molecule has 0 unspecified atom stereocenters. The second kappa shape index (κ2) is 6.29. The zero-order chi connectivity index (χ0) is 17.4. The predicted molar refractivity (Wildman–Crippen MR) is 90.4 cm³/mol. The lowest BCUT2D eigenvalue weighted by Gasteiger charge is -2.24. The van der Waals surface area contributed by atoms with Gasteiger partial charge in [-0.2, -0.15) is 5.10 Å². The number of fused-ring (bicyclic) bond motifs is 1. The minimum atomic E-state index is -0.0946. The van der Waals surface area contributed by atoms with Crippen LogP contribution in [-0.2, 0) is 4.74 Å². The zero-order valence-electron chi connectivity index (χ0n) is 14.2. The summed E-state index contributed by atoms with van der Waals surface area (Å²) < 4.78 is 7.72. The number of carbonyl (C=O) groups excluding carboxylic acids is 1. The molecule has 1 saturated heterocycles. The summed E-state index contributed by atoms with van der Waals surface area (Å²) in [5, 5.41) is 7.13. The number of aryl methyl sites for hydroxylation is 1. The number of aromatic nitrogens is 5. The minimum Gasteiger partial charge on any atom is -0.376 e. The van der Waals surface area contributed by atoms with Gasteiger partial charge >= 0.3 is 0 Å². The number of carbonyl (C=O) groups is 1. The van der Waals surface area contributed by atoms with E-state index in [1.54, 1.807) is 30.5 Å². The average Bonchev–Trinajstić information content (AvgIpc) is 3.33. The van der Waals surface area contributed by atoms with Crippen molar-refractivity contribution in [2.45, 2.75) is 25.4 Å². The molecule has 8 heteroatoms. The lowest BCUT2D eigenvalue weighted by atomic mass is 10.00. The number of hydrogen-bond acceptors (Lipinski definition) is 5. The van der Waals surface area contributed by atoms with Crippen molar-refractivity contribution < 1.29 is 9.53 Å². The molecule has 0 aromatic carbocycles. The number of amides is 1. The number of imidazole rings is 1. The van der Waals surface area contributed by atoms with Crippen LogP contribution in [0.15, 0.2) is 30.9 Å². The van der Waals surface area contributed by atoms with Crippen LogP contribution in [0.25, 0.3) is 5.52 Å². The van der Waals surface area contributed by atoms with Gasteiger partial charge in [0.25, 0.3) is 5.91 Å². The Hall–Kier alpha value is -2.74. The summed E-state index contributed by atoms with van der Waals surface area (Å²) in [5.74, 6) is 1.63. The normalized spacial score (nSPS) is 20.2. The van der Waals surface area contributed by atoms with E-state index in [2.05, 4.69) is 20.2 Å². The highest BCUT2D eigenvalue weighted by Gasteiger charge is 2.34. The van der Waals surface area contributed by atoms with Gasteiger partial charge in [-0.25, -0.2) is 9.97 Å². The first-order valence-corrected chi connectivity index (χ1v) is 8.29. The third kappa shape index (κ3) is 3.00. The maximum absolute atomic E-state index is 12.7. The van der Waals surface area contributed by atoms with E-state index in [1.807, 2.05) is 23.6 Å². The average molecular weight is 340 g/mol. The van der Waals surface area contributed by atoms with Crippen molar-refractivity contribution in [3.63, 3.8) is 0 Å². The smallest absolute Gasteiger partial charge is 0.253 e. The van der Waals surface area contributed by atoms with Gasteiger partial charge in [-0.05, 0) is 25.5 Å². The fourth-order valence-corrected chi connectivity index (χ4v) is 3.28. The first-order chi connectivity index (χ1) is 12.1. The van der Waals surface area contributed by atoms with Gasteiger partial charge in [-0.15, -0.1) is 0 Å².